The van der Waals surface area contributed by atoms with Gasteiger partial charge in [0.05, 0.1) is 27.8 Å². The lowest BCUT2D eigenvalue weighted by Gasteiger charge is -2.59. The summed E-state index contributed by atoms with van der Waals surface area (Å²) in [5.74, 6) is -4.20. The van der Waals surface area contributed by atoms with E-state index in [1.54, 1.807) is 36.5 Å². The lowest BCUT2D eigenvalue weighted by molar-refractivity contribution is -0.271. The zero-order chi connectivity index (χ0) is 58.8. The number of Topliss-reactive ketones (excluding diaryl/α,β-unsaturated/α-hetero) is 1. The summed E-state index contributed by atoms with van der Waals surface area (Å²) in [6.45, 7) is 4.46. The third-order valence-electron chi connectivity index (χ3n) is 17.2. The molecule has 0 bridgehead atoms. The van der Waals surface area contributed by atoms with Crippen LogP contribution < -0.4 is 31.7 Å². The number of nitrogens with zero attached hydrogens (tertiary/aromatic N) is 1. The van der Waals surface area contributed by atoms with Crippen molar-refractivity contribution in [2.75, 3.05) is 30.3 Å². The summed E-state index contributed by atoms with van der Waals surface area (Å²) in [6, 6.07) is 10.2. The molecule has 15 atom stereocenters. The van der Waals surface area contributed by atoms with Gasteiger partial charge >= 0.3 is 12.1 Å². The maximum Gasteiger partial charge on any atom is 0.411 e. The first kappa shape index (κ1) is 60.1. The van der Waals surface area contributed by atoms with Gasteiger partial charge in [0.15, 0.2) is 29.6 Å². The van der Waals surface area contributed by atoms with E-state index in [4.69, 9.17) is 29.4 Å². The van der Waals surface area contributed by atoms with E-state index in [1.165, 1.54) is 36.5 Å². The number of nitrogens with two attached hydrogens (primary N) is 1. The van der Waals surface area contributed by atoms with Crippen LogP contribution in [0.4, 0.5) is 16.2 Å². The highest BCUT2D eigenvalue weighted by Crippen LogP contribution is 2.70. The molecular weight excluding hydrogens is 1090 g/mol. The largest absolute Gasteiger partial charge is 0.479 e. The van der Waals surface area contributed by atoms with Gasteiger partial charge in [0, 0.05) is 54.9 Å². The van der Waals surface area contributed by atoms with Crippen molar-refractivity contribution in [3.8, 4) is 5.75 Å². The molecule has 82 heavy (non-hydrogen) atoms. The van der Waals surface area contributed by atoms with Crippen molar-refractivity contribution in [3.63, 3.8) is 0 Å². The molecule has 3 heterocycles. The van der Waals surface area contributed by atoms with E-state index in [0.717, 1.165) is 17.6 Å². The molecule has 0 unspecified atom stereocenters. The number of nitrogens with one attached hydrogen (secondary N) is 4. The Kier molecular flexibility index (Phi) is 18.1. The fourth-order valence-electron chi connectivity index (χ4n) is 13.3. The van der Waals surface area contributed by atoms with E-state index < -0.39 is 114 Å². The van der Waals surface area contributed by atoms with Gasteiger partial charge in [-0.05, 0) is 111 Å². The van der Waals surface area contributed by atoms with Crippen LogP contribution in [0.5, 0.6) is 5.75 Å². The first-order valence-electron chi connectivity index (χ1n) is 27.4. The number of unbranched alkanes of at least 4 members (excludes halogenated alkanes) is 1. The Balaban J connectivity index is 0.828. The Hall–Kier alpha value is -6.52. The number of hydrogen-bond donors (Lipinski definition) is 11. The van der Waals surface area contributed by atoms with E-state index >= 15 is 0 Å². The summed E-state index contributed by atoms with van der Waals surface area (Å²) in [4.78, 5) is 94.7. The van der Waals surface area contributed by atoms with E-state index in [9.17, 15) is 64.2 Å². The summed E-state index contributed by atoms with van der Waals surface area (Å²) >= 11 is 1.32. The second-order valence-electron chi connectivity index (χ2n) is 22.4. The minimum atomic E-state index is -2.00. The van der Waals surface area contributed by atoms with Gasteiger partial charge in [-0.15, -0.1) is 11.3 Å². The van der Waals surface area contributed by atoms with Crippen molar-refractivity contribution in [2.24, 2.45) is 34.3 Å². The fourth-order valence-corrected chi connectivity index (χ4v) is 14.3. The number of carbonyl (C=O) groups excluding carboxylic acids is 6. The number of ketones is 2. The molecule has 25 heteroatoms. The number of fused-ring (bicyclic) bond motifs is 7. The average molecular weight is 1160 g/mol. The second kappa shape index (κ2) is 24.7. The highest BCUT2D eigenvalue weighted by atomic mass is 32.1. The van der Waals surface area contributed by atoms with Crippen molar-refractivity contribution < 1.29 is 87.9 Å². The molecule has 3 saturated carbocycles. The molecule has 4 aliphatic carbocycles. The molecule has 2 aromatic carbocycles. The van der Waals surface area contributed by atoms with Crippen molar-refractivity contribution in [3.05, 3.63) is 93.5 Å². The molecule has 12 N–H and O–H groups in total. The van der Waals surface area contributed by atoms with Crippen LogP contribution in [0.25, 0.3) is 0 Å². The molecule has 442 valence electrons. The Morgan fingerprint density at radius 1 is 0.976 bits per heavy atom. The Morgan fingerprint density at radius 2 is 1.77 bits per heavy atom. The molecule has 6 aliphatic rings. The molecular formula is C57H70N6O18S. The van der Waals surface area contributed by atoms with Gasteiger partial charge in [-0.25, -0.2) is 14.6 Å². The molecule has 1 aromatic heterocycles. The summed E-state index contributed by atoms with van der Waals surface area (Å²) < 4.78 is 30.0. The van der Waals surface area contributed by atoms with Crippen LogP contribution in [-0.4, -0.2) is 151 Å². The normalized spacial score (nSPS) is 31.9. The summed E-state index contributed by atoms with van der Waals surface area (Å²) in [5.41, 5.74) is 5.07. The number of carbonyl (C=O) groups is 7. The first-order chi connectivity index (χ1) is 39.1. The van der Waals surface area contributed by atoms with Gasteiger partial charge in [0.2, 0.25) is 24.0 Å². The van der Waals surface area contributed by atoms with Gasteiger partial charge in [-0.3, -0.25) is 29.3 Å². The number of aliphatic hydroxyl groups is 5. The maximum atomic E-state index is 14.1. The molecule has 2 aliphatic heterocycles. The molecule has 0 spiro atoms. The minimum Gasteiger partial charge on any atom is -0.479 e. The van der Waals surface area contributed by atoms with Crippen molar-refractivity contribution >= 4 is 64.1 Å². The van der Waals surface area contributed by atoms with Crippen LogP contribution in [0.2, 0.25) is 0 Å². The lowest BCUT2D eigenvalue weighted by atomic mass is 9.46. The molecule has 24 nitrogen and oxygen atoms in total. The Bertz CT molecular complexity index is 3010. The topological polar surface area (TPSA) is 374 Å². The van der Waals surface area contributed by atoms with Gasteiger partial charge in [0.1, 0.15) is 43.3 Å². The SMILES string of the molecule is CC(=O)N[C@@H](CCCCN)C(=O)NCCC(=O)Nc1cc(COC(=O)Nc2cccc(Cc3ncc([C@@H]4O[C@@H]5C[C@H]6[C@@H]7CCC8=CC(=O)C=C[C@]8(C)[C@H]7[C@@H](O)C[C@]6(C)[C@]5(C(=O)CO)O4)s3)c2)ccc1O[C@@H]1O[C@H](C(=O)O)[C@@H](O)[C@H](O)[C@H]1O. The summed E-state index contributed by atoms with van der Waals surface area (Å²) in [7, 11) is 0. The highest BCUT2D eigenvalue weighted by molar-refractivity contribution is 7.11. The Morgan fingerprint density at radius 3 is 2.51 bits per heavy atom. The van der Waals surface area contributed by atoms with E-state index in [0.29, 0.717) is 66.2 Å². The van der Waals surface area contributed by atoms with E-state index in [2.05, 4.69) is 33.2 Å². The monoisotopic (exact) mass is 1160 g/mol. The average Bonchev–Trinajstić information content (AvgIpc) is 1.73. The number of amides is 4. The van der Waals surface area contributed by atoms with Gasteiger partial charge in [-0.2, -0.15) is 0 Å². The number of anilines is 2. The first-order valence-corrected chi connectivity index (χ1v) is 28.2. The molecule has 9 rings (SSSR count). The smallest absolute Gasteiger partial charge is 0.411 e. The number of hydrogen-bond acceptors (Lipinski definition) is 20. The number of carboxylic acids is 1. The van der Waals surface area contributed by atoms with Crippen LogP contribution in [0, 0.1) is 28.6 Å². The fraction of sp³-hybridized carbons (Fsp3) is 0.544. The highest BCUT2D eigenvalue weighted by Gasteiger charge is 2.76. The van der Waals surface area contributed by atoms with E-state index in [1.807, 2.05) is 19.1 Å². The van der Waals surface area contributed by atoms with Crippen LogP contribution in [0.1, 0.15) is 99.4 Å². The predicted molar refractivity (Wildman–Crippen MR) is 290 cm³/mol. The number of carboxylic acid groups (broad SMARTS) is 1. The number of benzene rings is 2. The predicted octanol–water partition coefficient (Wildman–Crippen LogP) is 2.43. The van der Waals surface area contributed by atoms with Crippen LogP contribution in [-0.2, 0) is 60.7 Å². The van der Waals surface area contributed by atoms with Gasteiger partial charge < -0.3 is 76.0 Å². The Labute approximate surface area is 475 Å². The van der Waals surface area contributed by atoms with Crippen LogP contribution in [0.3, 0.4) is 0 Å². The van der Waals surface area contributed by atoms with Gasteiger partial charge in [0.25, 0.3) is 0 Å². The maximum absolute atomic E-state index is 14.1. The number of aliphatic carboxylic acids is 1. The molecule has 5 fully saturated rings. The molecule has 0 radical (unpaired) electrons. The number of aromatic nitrogens is 1. The van der Waals surface area contributed by atoms with Crippen LogP contribution >= 0.6 is 11.3 Å². The lowest BCUT2D eigenvalue weighted by Crippen LogP contribution is -2.63. The zero-order valence-corrected chi connectivity index (χ0v) is 46.3. The number of ether oxygens (including phenoxy) is 5. The third kappa shape index (κ3) is 12.0. The third-order valence-corrected chi connectivity index (χ3v) is 18.2. The quantitative estimate of drug-likeness (QED) is 0.0682. The number of rotatable bonds is 21. The number of thiazole rings is 1. The zero-order valence-electron chi connectivity index (χ0n) is 45.5. The summed E-state index contributed by atoms with van der Waals surface area (Å²) in [6.07, 6.45) is -2.51. The molecule has 3 aromatic rings. The minimum absolute atomic E-state index is 0.00819. The second-order valence-corrected chi connectivity index (χ2v) is 23.5. The summed E-state index contributed by atoms with van der Waals surface area (Å²) in [5, 5.41) is 74.5. The number of allylic oxidation sites excluding steroid dienone is 4. The number of aliphatic hydroxyl groups excluding tert-OH is 5. The van der Waals surface area contributed by atoms with Crippen molar-refractivity contribution in [1.82, 2.24) is 15.6 Å². The van der Waals surface area contributed by atoms with Gasteiger partial charge in [-0.1, -0.05) is 43.7 Å². The molecule has 2 saturated heterocycles. The van der Waals surface area contributed by atoms with Crippen LogP contribution in [0.15, 0.2) is 72.5 Å². The molecule has 4 amide bonds. The van der Waals surface area contributed by atoms with Crippen molar-refractivity contribution in [1.29, 1.82) is 0 Å². The van der Waals surface area contributed by atoms with E-state index in [-0.39, 0.29) is 61.0 Å². The van der Waals surface area contributed by atoms with Crippen molar-refractivity contribution in [2.45, 2.75) is 146 Å². The standard InChI is InChI=1S/C57H70N6O18S/c1-28(65)61-36(9-4-5-17-58)50(73)59-18-15-43(69)63-37-20-30(10-13-39(37)78-53-48(72)46(70)47(71)49(80-53)51(74)75)27-77-54(76)62-32-8-6-7-29(19-32)21-44-60-25-40(82-44)52-79-42-23-35-34-12-11-31-22-33(66)14-16-55(31,2)45(34)38(67)24-56(35,3)57(42,81-52)41(68)26-64/h6-8,10,13-14,16,19-20,22,25,34-36,38,42,45-49,52-53,64,67,70-72H,4-5,9,11-12,15,17-18,21,23-24,26-27,58H2,1-3H3,(H,59,73)(H,61,65)(H,62,76)(H,63,69)(H,74,75)/t34-,35-,36-,38-,42+,45+,46-,47-,48+,49-,52+,53+,55-,56-,57+/m0/s1.